The number of hydrogen-bond acceptors (Lipinski definition) is 8. The van der Waals surface area contributed by atoms with Crippen LogP contribution >= 0.6 is 0 Å². The van der Waals surface area contributed by atoms with Crippen LogP contribution in [0.4, 0.5) is 0 Å². The third kappa shape index (κ3) is 7.85. The summed E-state index contributed by atoms with van der Waals surface area (Å²) in [6.07, 6.45) is 9.48. The number of Topliss-reactive ketones (excluding diaryl/α,β-unsaturated/α-hetero) is 1. The Balaban J connectivity index is 1.86. The Morgan fingerprint density at radius 2 is 1.95 bits per heavy atom. The molecule has 2 amide bonds. The summed E-state index contributed by atoms with van der Waals surface area (Å²) >= 11 is 0. The van der Waals surface area contributed by atoms with Crippen molar-refractivity contribution in [3.8, 4) is 0 Å². The number of rotatable bonds is 1. The van der Waals surface area contributed by atoms with Crippen molar-refractivity contribution < 1.29 is 33.4 Å². The van der Waals surface area contributed by atoms with Crippen LogP contribution in [-0.4, -0.2) is 63.9 Å². The lowest BCUT2D eigenvalue weighted by Crippen LogP contribution is -2.36. The van der Waals surface area contributed by atoms with E-state index in [0.717, 1.165) is 11.8 Å². The molecule has 0 unspecified atom stereocenters. The van der Waals surface area contributed by atoms with E-state index in [1.807, 2.05) is 20.8 Å². The molecule has 2 N–H and O–H groups in total. The summed E-state index contributed by atoms with van der Waals surface area (Å²) < 4.78 is 11.1. The zero-order chi connectivity index (χ0) is 27.8. The smallest absolute Gasteiger partial charge is 0.355 e. The maximum Gasteiger partial charge on any atom is 0.355 e. The van der Waals surface area contributed by atoms with Crippen LogP contribution in [0.3, 0.4) is 0 Å². The van der Waals surface area contributed by atoms with Crippen LogP contribution in [0.1, 0.15) is 56.9 Å². The van der Waals surface area contributed by atoms with E-state index in [-0.39, 0.29) is 66.7 Å². The summed E-state index contributed by atoms with van der Waals surface area (Å²) in [6.45, 7) is 8.00. The highest BCUT2D eigenvalue weighted by molar-refractivity contribution is 6.00. The van der Waals surface area contributed by atoms with Gasteiger partial charge in [0.05, 0.1) is 12.5 Å². The third-order valence-corrected chi connectivity index (χ3v) is 6.19. The maximum atomic E-state index is 13.1. The van der Waals surface area contributed by atoms with Crippen molar-refractivity contribution in [3.63, 3.8) is 0 Å². The number of ketones is 1. The second kappa shape index (κ2) is 13.1. The molecule has 0 fully saturated rings. The molecule has 10 nitrogen and oxygen atoms in total. The van der Waals surface area contributed by atoms with Crippen LogP contribution < -0.4 is 5.32 Å². The Bertz CT molecular complexity index is 1170. The number of ether oxygens (including phenoxy) is 1. The van der Waals surface area contributed by atoms with Crippen LogP contribution in [-0.2, 0) is 25.5 Å². The Kier molecular flexibility index (Phi) is 9.95. The predicted molar refractivity (Wildman–Crippen MR) is 139 cm³/mol. The van der Waals surface area contributed by atoms with Crippen LogP contribution in [0.25, 0.3) is 0 Å². The molecule has 204 valence electrons. The van der Waals surface area contributed by atoms with Gasteiger partial charge in [0.1, 0.15) is 23.8 Å². The highest BCUT2D eigenvalue weighted by atomic mass is 16.5. The van der Waals surface area contributed by atoms with Gasteiger partial charge in [0.25, 0.3) is 5.91 Å². The summed E-state index contributed by atoms with van der Waals surface area (Å²) in [5, 5.41) is 13.0. The Hall–Kier alpha value is -3.79. The lowest BCUT2D eigenvalue weighted by atomic mass is 9.94. The van der Waals surface area contributed by atoms with Crippen LogP contribution in [0, 0.1) is 11.8 Å². The molecule has 10 heteroatoms. The van der Waals surface area contributed by atoms with E-state index in [1.54, 1.807) is 37.3 Å². The van der Waals surface area contributed by atoms with Crippen LogP contribution in [0.15, 0.2) is 58.4 Å². The van der Waals surface area contributed by atoms with Crippen molar-refractivity contribution >= 4 is 23.6 Å². The number of aliphatic hydroxyl groups is 1. The van der Waals surface area contributed by atoms with Crippen molar-refractivity contribution in [2.45, 2.75) is 59.2 Å². The van der Waals surface area contributed by atoms with Crippen molar-refractivity contribution in [1.29, 1.82) is 0 Å². The largest absolute Gasteiger partial charge is 0.457 e. The molecule has 0 aromatic carbocycles. The maximum absolute atomic E-state index is 13.1. The normalized spacial score (nSPS) is 25.4. The van der Waals surface area contributed by atoms with Crippen LogP contribution in [0.2, 0.25) is 0 Å². The Labute approximate surface area is 222 Å². The quantitative estimate of drug-likeness (QED) is 0.534. The molecule has 2 aliphatic rings. The van der Waals surface area contributed by atoms with Crippen molar-refractivity contribution in [2.75, 3.05) is 13.1 Å². The minimum absolute atomic E-state index is 0.0315. The molecule has 2 bridgehead atoms. The zero-order valence-corrected chi connectivity index (χ0v) is 22.2. The first-order chi connectivity index (χ1) is 18.0. The molecule has 38 heavy (non-hydrogen) atoms. The van der Waals surface area contributed by atoms with Crippen molar-refractivity contribution in [1.82, 2.24) is 15.2 Å². The fourth-order valence-corrected chi connectivity index (χ4v) is 4.33. The topological polar surface area (TPSA) is 139 Å². The van der Waals surface area contributed by atoms with E-state index in [0.29, 0.717) is 6.42 Å². The molecule has 2 aliphatic heterocycles. The molecule has 0 aliphatic carbocycles. The summed E-state index contributed by atoms with van der Waals surface area (Å²) in [5.74, 6) is -2.07. The van der Waals surface area contributed by atoms with Gasteiger partial charge in [-0.15, -0.1) is 0 Å². The highest BCUT2D eigenvalue weighted by Gasteiger charge is 2.33. The molecule has 3 heterocycles. The van der Waals surface area contributed by atoms with E-state index in [9.17, 15) is 24.3 Å². The number of oxazole rings is 1. The molecule has 1 aromatic heterocycles. The number of nitrogens with zero attached hydrogens (tertiary/aromatic N) is 2. The molecule has 1 aromatic rings. The summed E-state index contributed by atoms with van der Waals surface area (Å²) in [7, 11) is 0. The summed E-state index contributed by atoms with van der Waals surface area (Å²) in [5.41, 5.74) is 0.809. The number of amides is 2. The van der Waals surface area contributed by atoms with Gasteiger partial charge in [-0.3, -0.25) is 14.4 Å². The van der Waals surface area contributed by atoms with Crippen molar-refractivity contribution in [2.24, 2.45) is 11.8 Å². The average molecular weight is 526 g/mol. The zero-order valence-electron chi connectivity index (χ0n) is 22.2. The molecule has 0 saturated carbocycles. The van der Waals surface area contributed by atoms with Gasteiger partial charge < -0.3 is 24.5 Å². The van der Waals surface area contributed by atoms with Crippen LogP contribution in [0.5, 0.6) is 0 Å². The van der Waals surface area contributed by atoms with E-state index >= 15 is 0 Å². The number of carbonyl (C=O) groups excluding carboxylic acids is 4. The van der Waals surface area contributed by atoms with Gasteiger partial charge in [0.2, 0.25) is 11.8 Å². The van der Waals surface area contributed by atoms with E-state index < -0.39 is 24.1 Å². The van der Waals surface area contributed by atoms with Gasteiger partial charge in [-0.1, -0.05) is 56.7 Å². The number of cyclic esters (lactones) is 1. The molecular formula is C28H35N3O7. The molecule has 0 radical (unpaired) electrons. The van der Waals surface area contributed by atoms with Gasteiger partial charge in [-0.2, -0.15) is 0 Å². The minimum Gasteiger partial charge on any atom is -0.457 e. The van der Waals surface area contributed by atoms with Gasteiger partial charge in [-0.25, -0.2) is 9.78 Å². The summed E-state index contributed by atoms with van der Waals surface area (Å²) in [6, 6.07) is 0. The predicted octanol–water partition coefficient (Wildman–Crippen LogP) is 2.66. The first-order valence-electron chi connectivity index (χ1n) is 12.7. The number of carbonyl (C=O) groups is 4. The van der Waals surface area contributed by atoms with Gasteiger partial charge in [-0.05, 0) is 25.3 Å². The fraction of sp³-hybridized carbons (Fsp3) is 0.464. The van der Waals surface area contributed by atoms with E-state index in [1.165, 1.54) is 11.0 Å². The number of aliphatic hydroxyl groups excluding tert-OH is 1. The lowest BCUT2D eigenvalue weighted by Gasteiger charge is -2.27. The molecule has 0 saturated heterocycles. The Morgan fingerprint density at radius 1 is 1.18 bits per heavy atom. The number of nitrogens with one attached hydrogen (secondary N) is 1. The average Bonchev–Trinajstić information content (AvgIpc) is 3.52. The molecular weight excluding hydrogens is 490 g/mol. The first-order valence-corrected chi connectivity index (χ1v) is 12.7. The lowest BCUT2D eigenvalue weighted by molar-refractivity contribution is -0.149. The minimum atomic E-state index is -1.01. The second-order valence-electron chi connectivity index (χ2n) is 9.84. The van der Waals surface area contributed by atoms with Gasteiger partial charge >= 0.3 is 5.97 Å². The first kappa shape index (κ1) is 28.8. The third-order valence-electron chi connectivity index (χ3n) is 6.19. The van der Waals surface area contributed by atoms with E-state index in [4.69, 9.17) is 9.15 Å². The fourth-order valence-electron chi connectivity index (χ4n) is 4.33. The number of aromatic nitrogens is 1. The number of allylic oxidation sites excluding steroid dienone is 2. The van der Waals surface area contributed by atoms with Crippen molar-refractivity contribution in [3.05, 3.63) is 65.6 Å². The Morgan fingerprint density at radius 3 is 2.68 bits per heavy atom. The van der Waals surface area contributed by atoms with Gasteiger partial charge in [0.15, 0.2) is 5.69 Å². The second-order valence-corrected chi connectivity index (χ2v) is 9.84. The number of hydrogen-bond donors (Lipinski definition) is 2. The number of fused-ring (bicyclic) bond motifs is 3. The van der Waals surface area contributed by atoms with Gasteiger partial charge in [0, 0.05) is 25.4 Å². The monoisotopic (exact) mass is 525 g/mol. The molecule has 0 spiro atoms. The van der Waals surface area contributed by atoms with E-state index in [2.05, 4.69) is 10.3 Å². The standard InChI is InChI=1S/C28H35N3O7/c1-17(2)26-19(4)9-10-24(34)29-11-5-7-18(3)13-20(32)14-21(33)15-25-30-22(16-37-25)27(35)31-12-6-8-23(31)28(36)38-26/h5,7-10,13,16-17,19-20,26,32H,6,11-12,14-15H2,1-4H3,(H,29,34)/b7-5?,10-9+,18-13?/t19-,20-,26-/m0/s1. The molecule has 3 atom stereocenters. The highest BCUT2D eigenvalue weighted by Crippen LogP contribution is 2.24. The molecule has 3 rings (SSSR count). The number of esters is 1. The summed E-state index contributed by atoms with van der Waals surface area (Å²) in [4.78, 5) is 56.3. The SMILES string of the molecule is CC1=C[C@H](O)CC(=O)Cc2nc(co2)C(=O)N2CCC=C2C(=O)O[C@@H](C(C)C)[C@@H](C)/C=C/C(=O)NCC=C1.